The van der Waals surface area contributed by atoms with Crippen LogP contribution < -0.4 is 5.32 Å². The van der Waals surface area contributed by atoms with Gasteiger partial charge in [0.15, 0.2) is 0 Å². The third-order valence-electron chi connectivity index (χ3n) is 5.93. The Balaban J connectivity index is 1.74. The molecule has 0 bridgehead atoms. The summed E-state index contributed by atoms with van der Waals surface area (Å²) in [6.07, 6.45) is 9.43. The minimum atomic E-state index is -0.310. The molecular formula is C17H28N2O2. The van der Waals surface area contributed by atoms with Crippen LogP contribution in [0.3, 0.4) is 0 Å². The average Bonchev–Trinajstić information content (AvgIpc) is 2.46. The molecule has 0 aromatic rings. The summed E-state index contributed by atoms with van der Waals surface area (Å²) >= 11 is 0. The maximum atomic E-state index is 12.9. The maximum absolute atomic E-state index is 12.9. The highest BCUT2D eigenvalue weighted by molar-refractivity contribution is 5.97. The van der Waals surface area contributed by atoms with E-state index in [1.807, 2.05) is 11.8 Å². The van der Waals surface area contributed by atoms with Crippen molar-refractivity contribution in [2.45, 2.75) is 77.3 Å². The zero-order valence-electron chi connectivity index (χ0n) is 13.4. The average molecular weight is 292 g/mol. The standard InChI is InChI=1S/C17H28N2O2/c1-12-15(20)18-14(13-7-4-3-5-8-13)16(21)19(12)11-17(2)9-6-10-17/h12-14H,3-11H2,1-2H3,(H,18,20). The van der Waals surface area contributed by atoms with Gasteiger partial charge in [0.2, 0.25) is 11.8 Å². The molecule has 3 rings (SSSR count). The summed E-state index contributed by atoms with van der Waals surface area (Å²) in [4.78, 5) is 27.1. The van der Waals surface area contributed by atoms with Gasteiger partial charge in [0, 0.05) is 6.54 Å². The van der Waals surface area contributed by atoms with Crippen molar-refractivity contribution in [2.24, 2.45) is 11.3 Å². The molecule has 3 aliphatic rings. The van der Waals surface area contributed by atoms with Gasteiger partial charge in [0.05, 0.1) is 0 Å². The summed E-state index contributed by atoms with van der Waals surface area (Å²) in [5, 5.41) is 3.01. The van der Waals surface area contributed by atoms with Crippen molar-refractivity contribution in [3.63, 3.8) is 0 Å². The lowest BCUT2D eigenvalue weighted by Crippen LogP contribution is -2.66. The number of carbonyl (C=O) groups is 2. The molecule has 1 N–H and O–H groups in total. The molecule has 4 nitrogen and oxygen atoms in total. The number of carbonyl (C=O) groups excluding carboxylic acids is 2. The van der Waals surface area contributed by atoms with E-state index in [-0.39, 0.29) is 29.3 Å². The van der Waals surface area contributed by atoms with Crippen molar-refractivity contribution in [1.29, 1.82) is 0 Å². The lowest BCUT2D eigenvalue weighted by atomic mass is 9.69. The molecule has 3 fully saturated rings. The van der Waals surface area contributed by atoms with Crippen LogP contribution in [0.5, 0.6) is 0 Å². The van der Waals surface area contributed by atoms with Crippen molar-refractivity contribution in [3.05, 3.63) is 0 Å². The van der Waals surface area contributed by atoms with Crippen LogP contribution in [-0.4, -0.2) is 35.3 Å². The number of rotatable bonds is 3. The van der Waals surface area contributed by atoms with Gasteiger partial charge in [-0.2, -0.15) is 0 Å². The van der Waals surface area contributed by atoms with Crippen LogP contribution in [0.4, 0.5) is 0 Å². The minimum Gasteiger partial charge on any atom is -0.342 e. The first kappa shape index (κ1) is 14.9. The van der Waals surface area contributed by atoms with Gasteiger partial charge in [-0.05, 0) is 43.9 Å². The molecule has 2 aliphatic carbocycles. The Morgan fingerprint density at radius 1 is 1.14 bits per heavy atom. The summed E-state index contributed by atoms with van der Waals surface area (Å²) in [7, 11) is 0. The molecule has 0 aromatic heterocycles. The number of nitrogens with one attached hydrogen (secondary N) is 1. The fourth-order valence-corrected chi connectivity index (χ4v) is 4.20. The second-order valence-corrected chi connectivity index (χ2v) is 7.69. The Bertz CT molecular complexity index is 425. The third kappa shape index (κ3) is 2.82. The molecule has 2 saturated carbocycles. The van der Waals surface area contributed by atoms with Crippen molar-refractivity contribution in [3.8, 4) is 0 Å². The zero-order chi connectivity index (χ0) is 15.0. The van der Waals surface area contributed by atoms with Crippen molar-refractivity contribution >= 4 is 11.8 Å². The largest absolute Gasteiger partial charge is 0.342 e. The molecule has 1 aliphatic heterocycles. The molecule has 2 atom stereocenters. The highest BCUT2D eigenvalue weighted by atomic mass is 16.2. The Morgan fingerprint density at radius 3 is 2.38 bits per heavy atom. The Labute approximate surface area is 127 Å². The monoisotopic (exact) mass is 292 g/mol. The molecule has 118 valence electrons. The van der Waals surface area contributed by atoms with E-state index < -0.39 is 0 Å². The van der Waals surface area contributed by atoms with E-state index >= 15 is 0 Å². The Kier molecular flexibility index (Phi) is 3.98. The molecule has 1 heterocycles. The number of piperazine rings is 1. The first-order valence-corrected chi connectivity index (χ1v) is 8.61. The maximum Gasteiger partial charge on any atom is 0.246 e. The van der Waals surface area contributed by atoms with Gasteiger partial charge >= 0.3 is 0 Å². The van der Waals surface area contributed by atoms with Crippen LogP contribution in [-0.2, 0) is 9.59 Å². The molecule has 0 aromatic carbocycles. The van der Waals surface area contributed by atoms with Crippen molar-refractivity contribution in [2.75, 3.05) is 6.54 Å². The van der Waals surface area contributed by atoms with Crippen LogP contribution >= 0.6 is 0 Å². The topological polar surface area (TPSA) is 49.4 Å². The van der Waals surface area contributed by atoms with E-state index in [0.717, 1.165) is 19.4 Å². The van der Waals surface area contributed by atoms with Gasteiger partial charge in [-0.25, -0.2) is 0 Å². The minimum absolute atomic E-state index is 0.0353. The highest BCUT2D eigenvalue weighted by Gasteiger charge is 2.45. The molecular weight excluding hydrogens is 264 g/mol. The normalized spacial score (nSPS) is 33.5. The summed E-state index contributed by atoms with van der Waals surface area (Å²) in [6.45, 7) is 4.87. The SMILES string of the molecule is CC1C(=O)NC(C2CCCCC2)C(=O)N1CC1(C)CCC1. The highest BCUT2D eigenvalue weighted by Crippen LogP contribution is 2.42. The van der Waals surface area contributed by atoms with Gasteiger partial charge in [-0.15, -0.1) is 0 Å². The van der Waals surface area contributed by atoms with E-state index in [9.17, 15) is 9.59 Å². The fourth-order valence-electron chi connectivity index (χ4n) is 4.20. The first-order valence-electron chi connectivity index (χ1n) is 8.61. The summed E-state index contributed by atoms with van der Waals surface area (Å²) < 4.78 is 0. The van der Waals surface area contributed by atoms with E-state index in [1.165, 1.54) is 38.5 Å². The predicted molar refractivity (Wildman–Crippen MR) is 81.6 cm³/mol. The molecule has 4 heteroatoms. The van der Waals surface area contributed by atoms with Crippen LogP contribution in [0.1, 0.15) is 65.2 Å². The molecule has 2 amide bonds. The van der Waals surface area contributed by atoms with Crippen LogP contribution in [0.25, 0.3) is 0 Å². The smallest absolute Gasteiger partial charge is 0.246 e. The van der Waals surface area contributed by atoms with Gasteiger partial charge < -0.3 is 10.2 Å². The third-order valence-corrected chi connectivity index (χ3v) is 5.93. The van der Waals surface area contributed by atoms with E-state index in [2.05, 4.69) is 12.2 Å². The number of hydrogen-bond donors (Lipinski definition) is 1. The molecule has 1 saturated heterocycles. The van der Waals surface area contributed by atoms with Crippen molar-refractivity contribution in [1.82, 2.24) is 10.2 Å². The quantitative estimate of drug-likeness (QED) is 0.868. The zero-order valence-corrected chi connectivity index (χ0v) is 13.4. The molecule has 21 heavy (non-hydrogen) atoms. The number of hydrogen-bond acceptors (Lipinski definition) is 2. The summed E-state index contributed by atoms with van der Waals surface area (Å²) in [6, 6.07) is -0.576. The van der Waals surface area contributed by atoms with Crippen LogP contribution in [0.2, 0.25) is 0 Å². The van der Waals surface area contributed by atoms with E-state index in [1.54, 1.807) is 0 Å². The van der Waals surface area contributed by atoms with E-state index in [0.29, 0.717) is 5.92 Å². The molecule has 0 spiro atoms. The summed E-state index contributed by atoms with van der Waals surface area (Å²) in [5.74, 6) is 0.551. The van der Waals surface area contributed by atoms with E-state index in [4.69, 9.17) is 0 Å². The van der Waals surface area contributed by atoms with Crippen LogP contribution in [0.15, 0.2) is 0 Å². The van der Waals surface area contributed by atoms with Crippen molar-refractivity contribution < 1.29 is 9.59 Å². The lowest BCUT2D eigenvalue weighted by Gasteiger charge is -2.47. The van der Waals surface area contributed by atoms with Gasteiger partial charge in [0.25, 0.3) is 0 Å². The van der Waals surface area contributed by atoms with Crippen LogP contribution in [0, 0.1) is 11.3 Å². The Morgan fingerprint density at radius 2 is 1.81 bits per heavy atom. The molecule has 0 radical (unpaired) electrons. The second-order valence-electron chi connectivity index (χ2n) is 7.69. The lowest BCUT2D eigenvalue weighted by molar-refractivity contribution is -0.153. The fraction of sp³-hybridized carbons (Fsp3) is 0.882. The second kappa shape index (κ2) is 5.62. The summed E-state index contributed by atoms with van der Waals surface area (Å²) in [5.41, 5.74) is 0.235. The number of amides is 2. The predicted octanol–water partition coefficient (Wildman–Crippen LogP) is 2.47. The number of nitrogens with zero attached hydrogens (tertiary/aromatic N) is 1. The Hall–Kier alpha value is -1.06. The molecule has 2 unspecified atom stereocenters. The van der Waals surface area contributed by atoms with Gasteiger partial charge in [-0.1, -0.05) is 32.6 Å². The van der Waals surface area contributed by atoms with Gasteiger partial charge in [0.1, 0.15) is 12.1 Å². The van der Waals surface area contributed by atoms with Gasteiger partial charge in [-0.3, -0.25) is 9.59 Å². The first-order chi connectivity index (χ1) is 10.0.